The van der Waals surface area contributed by atoms with Crippen molar-refractivity contribution in [3.8, 4) is 6.07 Å². The molecular formula is C29H30N2. The molecule has 3 atom stereocenters. The molecule has 2 nitrogen and oxygen atoms in total. The molecule has 31 heavy (non-hydrogen) atoms. The normalized spacial score (nSPS) is 22.8. The molecule has 2 heteroatoms. The number of benzene rings is 3. The Morgan fingerprint density at radius 1 is 1.03 bits per heavy atom. The van der Waals surface area contributed by atoms with Crippen molar-refractivity contribution in [2.75, 3.05) is 13.1 Å². The van der Waals surface area contributed by atoms with Gasteiger partial charge in [-0.2, -0.15) is 5.26 Å². The molecule has 5 rings (SSSR count). The Hall–Kier alpha value is -2.89. The van der Waals surface area contributed by atoms with Crippen molar-refractivity contribution in [2.24, 2.45) is 5.92 Å². The fourth-order valence-corrected chi connectivity index (χ4v) is 5.59. The number of hydrogen-bond acceptors (Lipinski definition) is 2. The van der Waals surface area contributed by atoms with Gasteiger partial charge in [0.1, 0.15) is 0 Å². The van der Waals surface area contributed by atoms with Crippen molar-refractivity contribution < 1.29 is 0 Å². The Labute approximate surface area is 185 Å². The Morgan fingerprint density at radius 2 is 1.74 bits per heavy atom. The number of rotatable bonds is 5. The van der Waals surface area contributed by atoms with Crippen LogP contribution in [0.3, 0.4) is 0 Å². The third kappa shape index (κ3) is 3.68. The third-order valence-electron chi connectivity index (χ3n) is 7.19. The summed E-state index contributed by atoms with van der Waals surface area (Å²) in [5, 5.41) is 11.5. The number of nitriles is 1. The van der Waals surface area contributed by atoms with Gasteiger partial charge in [-0.25, -0.2) is 0 Å². The van der Waals surface area contributed by atoms with Crippen molar-refractivity contribution >= 4 is 10.8 Å². The maximum Gasteiger partial charge on any atom is 0.0991 e. The second-order valence-corrected chi connectivity index (χ2v) is 9.56. The van der Waals surface area contributed by atoms with Crippen molar-refractivity contribution in [3.63, 3.8) is 0 Å². The molecule has 3 aromatic rings. The van der Waals surface area contributed by atoms with Crippen LogP contribution in [0.25, 0.3) is 10.8 Å². The molecule has 3 unspecified atom stereocenters. The minimum absolute atomic E-state index is 0.480. The summed E-state index contributed by atoms with van der Waals surface area (Å²) >= 11 is 0. The van der Waals surface area contributed by atoms with Gasteiger partial charge in [0, 0.05) is 19.1 Å². The lowest BCUT2D eigenvalue weighted by atomic mass is 9.84. The van der Waals surface area contributed by atoms with Crippen LogP contribution in [-0.4, -0.2) is 18.0 Å². The second kappa shape index (κ2) is 7.98. The molecule has 2 aliphatic rings. The highest BCUT2D eigenvalue weighted by Gasteiger charge is 2.40. The molecule has 0 spiro atoms. The molecular weight excluding hydrogens is 376 g/mol. The maximum absolute atomic E-state index is 9.14. The Bertz CT molecular complexity index is 1180. The van der Waals surface area contributed by atoms with Crippen LogP contribution >= 0.6 is 0 Å². The molecule has 0 N–H and O–H groups in total. The largest absolute Gasteiger partial charge is 0.292 e. The fourth-order valence-electron chi connectivity index (χ4n) is 5.59. The van der Waals surface area contributed by atoms with E-state index < -0.39 is 0 Å². The van der Waals surface area contributed by atoms with Crippen molar-refractivity contribution in [2.45, 2.75) is 44.6 Å². The molecule has 1 aliphatic carbocycles. The van der Waals surface area contributed by atoms with Gasteiger partial charge in [0.25, 0.3) is 0 Å². The van der Waals surface area contributed by atoms with Crippen LogP contribution in [0.2, 0.25) is 0 Å². The van der Waals surface area contributed by atoms with E-state index in [1.165, 1.54) is 34.1 Å². The lowest BCUT2D eigenvalue weighted by Crippen LogP contribution is -2.38. The maximum atomic E-state index is 9.14. The molecule has 156 valence electrons. The molecule has 1 fully saturated rings. The van der Waals surface area contributed by atoms with E-state index in [9.17, 15) is 0 Å². The summed E-state index contributed by atoms with van der Waals surface area (Å²) in [6.45, 7) is 10.7. The van der Waals surface area contributed by atoms with E-state index in [4.69, 9.17) is 5.26 Å². The van der Waals surface area contributed by atoms with Crippen LogP contribution in [-0.2, 0) is 6.42 Å². The van der Waals surface area contributed by atoms with Crippen molar-refractivity contribution in [1.29, 1.82) is 5.26 Å². The molecule has 0 amide bonds. The first-order valence-electron chi connectivity index (χ1n) is 11.5. The molecule has 1 aliphatic heterocycles. The van der Waals surface area contributed by atoms with Gasteiger partial charge in [-0.1, -0.05) is 62.4 Å². The van der Waals surface area contributed by atoms with Gasteiger partial charge in [-0.05, 0) is 75.8 Å². The summed E-state index contributed by atoms with van der Waals surface area (Å²) in [4.78, 5) is 2.59. The zero-order valence-electron chi connectivity index (χ0n) is 18.5. The van der Waals surface area contributed by atoms with Gasteiger partial charge in [0.15, 0.2) is 0 Å². The summed E-state index contributed by atoms with van der Waals surface area (Å²) in [5.41, 5.74) is 6.71. The van der Waals surface area contributed by atoms with Gasteiger partial charge >= 0.3 is 0 Å². The number of fused-ring (bicyclic) bond motifs is 2. The highest BCUT2D eigenvalue weighted by Crippen LogP contribution is 2.55. The Balaban J connectivity index is 1.42. The predicted octanol–water partition coefficient (Wildman–Crippen LogP) is 6.72. The Kier molecular flexibility index (Phi) is 5.16. The van der Waals surface area contributed by atoms with Gasteiger partial charge in [-0.15, -0.1) is 6.58 Å². The summed E-state index contributed by atoms with van der Waals surface area (Å²) in [5.74, 6) is 1.80. The molecule has 0 aromatic heterocycles. The average molecular weight is 407 g/mol. The van der Waals surface area contributed by atoms with Crippen molar-refractivity contribution in [1.82, 2.24) is 4.90 Å². The smallest absolute Gasteiger partial charge is 0.0991 e. The van der Waals surface area contributed by atoms with E-state index in [2.05, 4.69) is 73.9 Å². The molecule has 0 bridgehead atoms. The SMILES string of the molecule is C=CCN1CCc2ccc(C3CC3c3ccc4cc(C#N)ccc4c3)cc2C1C(C)C. The van der Waals surface area contributed by atoms with E-state index in [1.807, 2.05) is 18.2 Å². The summed E-state index contributed by atoms with van der Waals surface area (Å²) in [6, 6.07) is 22.7. The second-order valence-electron chi connectivity index (χ2n) is 9.56. The lowest BCUT2D eigenvalue weighted by molar-refractivity contribution is 0.161. The third-order valence-corrected chi connectivity index (χ3v) is 7.19. The van der Waals surface area contributed by atoms with Crippen LogP contribution < -0.4 is 0 Å². The minimum atomic E-state index is 0.480. The van der Waals surface area contributed by atoms with Gasteiger partial charge in [0.05, 0.1) is 11.6 Å². The van der Waals surface area contributed by atoms with Crippen LogP contribution in [0.1, 0.15) is 66.0 Å². The van der Waals surface area contributed by atoms with Gasteiger partial charge in [-0.3, -0.25) is 4.90 Å². The van der Waals surface area contributed by atoms with E-state index in [1.54, 1.807) is 0 Å². The highest BCUT2D eigenvalue weighted by atomic mass is 15.2. The monoisotopic (exact) mass is 406 g/mol. The summed E-state index contributed by atoms with van der Waals surface area (Å²) in [7, 11) is 0. The molecule has 0 saturated heterocycles. The standard InChI is InChI=1S/C29H30N2/c1-4-12-31-13-11-21-7-9-25(16-28(21)29(31)19(2)3)27-17-26(27)24-10-8-22-14-20(18-30)5-6-23(22)15-24/h4-10,14-16,19,26-27,29H,1,11-13,17H2,2-3H3. The topological polar surface area (TPSA) is 27.0 Å². The highest BCUT2D eigenvalue weighted by molar-refractivity contribution is 5.84. The van der Waals surface area contributed by atoms with E-state index >= 15 is 0 Å². The number of hydrogen-bond donors (Lipinski definition) is 0. The van der Waals surface area contributed by atoms with Crippen molar-refractivity contribution in [3.05, 3.63) is 95.1 Å². The molecule has 1 heterocycles. The summed E-state index contributed by atoms with van der Waals surface area (Å²) in [6.07, 6.45) is 4.40. The van der Waals surface area contributed by atoms with Crippen LogP contribution in [0.15, 0.2) is 67.3 Å². The average Bonchev–Trinajstić information content (AvgIpc) is 3.58. The quantitative estimate of drug-likeness (QED) is 0.440. The fraction of sp³-hybridized carbons (Fsp3) is 0.345. The first-order valence-corrected chi connectivity index (χ1v) is 11.5. The first-order chi connectivity index (χ1) is 15.1. The molecule has 1 saturated carbocycles. The summed E-state index contributed by atoms with van der Waals surface area (Å²) < 4.78 is 0. The van der Waals surface area contributed by atoms with E-state index in [0.717, 1.165) is 30.5 Å². The number of nitrogens with zero attached hydrogens (tertiary/aromatic N) is 2. The van der Waals surface area contributed by atoms with E-state index in [0.29, 0.717) is 23.8 Å². The molecule has 0 radical (unpaired) electrons. The van der Waals surface area contributed by atoms with Crippen LogP contribution in [0.4, 0.5) is 0 Å². The van der Waals surface area contributed by atoms with Crippen LogP contribution in [0, 0.1) is 17.2 Å². The Morgan fingerprint density at radius 3 is 2.48 bits per heavy atom. The predicted molar refractivity (Wildman–Crippen MR) is 128 cm³/mol. The van der Waals surface area contributed by atoms with E-state index in [-0.39, 0.29) is 0 Å². The minimum Gasteiger partial charge on any atom is -0.292 e. The molecule has 3 aromatic carbocycles. The van der Waals surface area contributed by atoms with Crippen LogP contribution in [0.5, 0.6) is 0 Å². The first kappa shape index (κ1) is 20.0. The zero-order chi connectivity index (χ0) is 21.5. The zero-order valence-corrected chi connectivity index (χ0v) is 18.5. The van der Waals surface area contributed by atoms with Gasteiger partial charge in [0.2, 0.25) is 0 Å². The lowest BCUT2D eigenvalue weighted by Gasteiger charge is -2.39. The van der Waals surface area contributed by atoms with Gasteiger partial charge < -0.3 is 0 Å².